The third-order valence-corrected chi connectivity index (χ3v) is 3.76. The standard InChI is InChI=1S/C19H16N2O4/c22-18(9-10-19-21-14-5-1-2-6-15(14)25-19)20-11-13-12-23-16-7-3-4-8-17(16)24-13/h1-10,13H,11-12H2,(H,20,22)/b10-9+. The van der Waals surface area contributed by atoms with Crippen molar-refractivity contribution < 1.29 is 18.7 Å². The number of benzene rings is 2. The van der Waals surface area contributed by atoms with Gasteiger partial charge in [0.15, 0.2) is 17.1 Å². The van der Waals surface area contributed by atoms with Gasteiger partial charge in [-0.3, -0.25) is 4.79 Å². The molecule has 4 rings (SSSR count). The monoisotopic (exact) mass is 336 g/mol. The van der Waals surface area contributed by atoms with Gasteiger partial charge in [0.05, 0.1) is 6.54 Å². The molecule has 1 amide bonds. The van der Waals surface area contributed by atoms with E-state index in [1.54, 1.807) is 6.08 Å². The van der Waals surface area contributed by atoms with Gasteiger partial charge < -0.3 is 19.2 Å². The molecule has 2 aromatic carbocycles. The van der Waals surface area contributed by atoms with Gasteiger partial charge in [-0.05, 0) is 24.3 Å². The summed E-state index contributed by atoms with van der Waals surface area (Å²) in [4.78, 5) is 16.2. The van der Waals surface area contributed by atoms with Crippen molar-refractivity contribution in [3.63, 3.8) is 0 Å². The Balaban J connectivity index is 1.32. The van der Waals surface area contributed by atoms with Crippen LogP contribution in [0.2, 0.25) is 0 Å². The van der Waals surface area contributed by atoms with Crippen LogP contribution in [-0.2, 0) is 4.79 Å². The quantitative estimate of drug-likeness (QED) is 0.742. The van der Waals surface area contributed by atoms with E-state index in [1.807, 2.05) is 48.5 Å². The van der Waals surface area contributed by atoms with Gasteiger partial charge >= 0.3 is 0 Å². The summed E-state index contributed by atoms with van der Waals surface area (Å²) in [5.41, 5.74) is 1.45. The van der Waals surface area contributed by atoms with Gasteiger partial charge in [-0.2, -0.15) is 0 Å². The molecule has 0 aliphatic carbocycles. The normalized spacial score (nSPS) is 16.2. The summed E-state index contributed by atoms with van der Waals surface area (Å²) in [6, 6.07) is 14.9. The second kappa shape index (κ2) is 6.68. The first-order chi connectivity index (χ1) is 12.3. The number of hydrogen-bond donors (Lipinski definition) is 1. The van der Waals surface area contributed by atoms with E-state index in [4.69, 9.17) is 13.9 Å². The SMILES string of the molecule is O=C(/C=C/c1nc2ccccc2o1)NCC1COc2ccccc2O1. The minimum Gasteiger partial charge on any atom is -0.486 e. The molecule has 2 heterocycles. The lowest BCUT2D eigenvalue weighted by Gasteiger charge is -2.26. The predicted molar refractivity (Wildman–Crippen MR) is 92.4 cm³/mol. The molecule has 0 fully saturated rings. The van der Waals surface area contributed by atoms with Gasteiger partial charge in [0, 0.05) is 12.2 Å². The van der Waals surface area contributed by atoms with E-state index in [2.05, 4.69) is 10.3 Å². The van der Waals surface area contributed by atoms with Crippen LogP contribution in [0.4, 0.5) is 0 Å². The summed E-state index contributed by atoms with van der Waals surface area (Å²) in [5.74, 6) is 1.56. The molecule has 6 nitrogen and oxygen atoms in total. The van der Waals surface area contributed by atoms with E-state index < -0.39 is 0 Å². The smallest absolute Gasteiger partial charge is 0.244 e. The molecule has 25 heavy (non-hydrogen) atoms. The number of ether oxygens (including phenoxy) is 2. The Morgan fingerprint density at radius 2 is 1.96 bits per heavy atom. The number of nitrogens with zero attached hydrogens (tertiary/aromatic N) is 1. The molecule has 6 heteroatoms. The first kappa shape index (κ1) is 15.3. The zero-order valence-corrected chi connectivity index (χ0v) is 13.3. The third kappa shape index (κ3) is 3.47. The van der Waals surface area contributed by atoms with Gasteiger partial charge in [-0.25, -0.2) is 4.98 Å². The molecule has 1 aromatic heterocycles. The molecular weight excluding hydrogens is 320 g/mol. The van der Waals surface area contributed by atoms with Crippen LogP contribution in [0.15, 0.2) is 59.0 Å². The zero-order chi connectivity index (χ0) is 17.1. The van der Waals surface area contributed by atoms with Crippen LogP contribution in [0.25, 0.3) is 17.2 Å². The average molecular weight is 336 g/mol. The van der Waals surface area contributed by atoms with Crippen LogP contribution in [-0.4, -0.2) is 30.1 Å². The zero-order valence-electron chi connectivity index (χ0n) is 13.3. The van der Waals surface area contributed by atoms with Gasteiger partial charge in [0.25, 0.3) is 0 Å². The molecule has 0 bridgehead atoms. The fourth-order valence-electron chi connectivity index (χ4n) is 2.55. The predicted octanol–water partition coefficient (Wildman–Crippen LogP) is 2.80. The lowest BCUT2D eigenvalue weighted by atomic mass is 10.2. The van der Waals surface area contributed by atoms with E-state index in [1.165, 1.54) is 6.08 Å². The lowest BCUT2D eigenvalue weighted by molar-refractivity contribution is -0.116. The van der Waals surface area contributed by atoms with E-state index in [9.17, 15) is 4.79 Å². The summed E-state index contributed by atoms with van der Waals surface area (Å²) in [5, 5.41) is 2.79. The van der Waals surface area contributed by atoms with Crippen molar-refractivity contribution >= 4 is 23.1 Å². The number of nitrogens with one attached hydrogen (secondary N) is 1. The molecule has 0 saturated carbocycles. The van der Waals surface area contributed by atoms with E-state index >= 15 is 0 Å². The van der Waals surface area contributed by atoms with Crippen LogP contribution in [0, 0.1) is 0 Å². The molecule has 0 saturated heterocycles. The molecule has 1 unspecified atom stereocenters. The number of rotatable bonds is 4. The maximum absolute atomic E-state index is 12.0. The minimum atomic E-state index is -0.246. The molecule has 1 aliphatic heterocycles. The lowest BCUT2D eigenvalue weighted by Crippen LogP contribution is -2.40. The van der Waals surface area contributed by atoms with Crippen molar-refractivity contribution in [1.82, 2.24) is 10.3 Å². The highest BCUT2D eigenvalue weighted by atomic mass is 16.6. The van der Waals surface area contributed by atoms with Crippen LogP contribution >= 0.6 is 0 Å². The van der Waals surface area contributed by atoms with Crippen molar-refractivity contribution in [3.8, 4) is 11.5 Å². The summed E-state index contributed by atoms with van der Waals surface area (Å²) in [6.07, 6.45) is 2.71. The number of amides is 1. The van der Waals surface area contributed by atoms with Gasteiger partial charge in [0.2, 0.25) is 11.8 Å². The highest BCUT2D eigenvalue weighted by Gasteiger charge is 2.20. The number of carbonyl (C=O) groups is 1. The molecule has 1 atom stereocenters. The summed E-state index contributed by atoms with van der Waals surface area (Å²) >= 11 is 0. The summed E-state index contributed by atoms with van der Waals surface area (Å²) in [6.45, 7) is 0.747. The molecule has 1 aliphatic rings. The van der Waals surface area contributed by atoms with Crippen LogP contribution < -0.4 is 14.8 Å². The summed E-state index contributed by atoms with van der Waals surface area (Å²) in [7, 11) is 0. The van der Waals surface area contributed by atoms with Crippen molar-refractivity contribution in [1.29, 1.82) is 0 Å². The Morgan fingerprint density at radius 3 is 2.84 bits per heavy atom. The second-order valence-corrected chi connectivity index (χ2v) is 5.60. The third-order valence-electron chi connectivity index (χ3n) is 3.76. The first-order valence-electron chi connectivity index (χ1n) is 7.98. The van der Waals surface area contributed by atoms with E-state index in [0.29, 0.717) is 30.4 Å². The Kier molecular flexibility index (Phi) is 4.08. The first-order valence-corrected chi connectivity index (χ1v) is 7.98. The molecule has 0 radical (unpaired) electrons. The minimum absolute atomic E-state index is 0.225. The largest absolute Gasteiger partial charge is 0.486 e. The fourth-order valence-corrected chi connectivity index (χ4v) is 2.55. The number of aromatic nitrogens is 1. The van der Waals surface area contributed by atoms with Crippen molar-refractivity contribution in [2.45, 2.75) is 6.10 Å². The topological polar surface area (TPSA) is 73.6 Å². The molecule has 0 spiro atoms. The van der Waals surface area contributed by atoms with E-state index in [0.717, 1.165) is 11.3 Å². The van der Waals surface area contributed by atoms with Crippen molar-refractivity contribution in [2.75, 3.05) is 13.2 Å². The van der Waals surface area contributed by atoms with E-state index in [-0.39, 0.29) is 12.0 Å². The van der Waals surface area contributed by atoms with Gasteiger partial charge in [-0.1, -0.05) is 24.3 Å². The number of para-hydroxylation sites is 4. The Bertz CT molecular complexity index is 899. The number of hydrogen-bond acceptors (Lipinski definition) is 5. The summed E-state index contributed by atoms with van der Waals surface area (Å²) < 4.78 is 16.9. The Labute approximate surface area is 144 Å². The highest BCUT2D eigenvalue weighted by molar-refractivity contribution is 5.91. The maximum atomic E-state index is 12.0. The molecule has 3 aromatic rings. The average Bonchev–Trinajstić information content (AvgIpc) is 3.07. The highest BCUT2D eigenvalue weighted by Crippen LogP contribution is 2.30. The maximum Gasteiger partial charge on any atom is 0.244 e. The molecule has 126 valence electrons. The number of carbonyl (C=O) groups excluding carboxylic acids is 1. The van der Waals surface area contributed by atoms with Gasteiger partial charge in [-0.15, -0.1) is 0 Å². The van der Waals surface area contributed by atoms with Gasteiger partial charge in [0.1, 0.15) is 18.2 Å². The fraction of sp³-hybridized carbons (Fsp3) is 0.158. The Hall–Kier alpha value is -3.28. The van der Waals surface area contributed by atoms with Crippen LogP contribution in [0.3, 0.4) is 0 Å². The Morgan fingerprint density at radius 1 is 1.16 bits per heavy atom. The number of oxazole rings is 1. The molecule has 1 N–H and O–H groups in total. The number of fused-ring (bicyclic) bond motifs is 2. The van der Waals surface area contributed by atoms with Crippen LogP contribution in [0.1, 0.15) is 5.89 Å². The van der Waals surface area contributed by atoms with Crippen molar-refractivity contribution in [3.05, 3.63) is 60.5 Å². The molecular formula is C19H16N2O4. The second-order valence-electron chi connectivity index (χ2n) is 5.60. The van der Waals surface area contributed by atoms with Crippen LogP contribution in [0.5, 0.6) is 11.5 Å². The van der Waals surface area contributed by atoms with Crippen molar-refractivity contribution in [2.24, 2.45) is 0 Å².